The van der Waals surface area contributed by atoms with Gasteiger partial charge in [0.1, 0.15) is 12.4 Å². The largest absolute Gasteiger partial charge is 0.492 e. The van der Waals surface area contributed by atoms with E-state index in [0.29, 0.717) is 17.9 Å². The van der Waals surface area contributed by atoms with Crippen LogP contribution in [-0.2, 0) is 20.0 Å². The van der Waals surface area contributed by atoms with Gasteiger partial charge in [0, 0.05) is 13.1 Å². The molecule has 0 unspecified atom stereocenters. The fourth-order valence-electron chi connectivity index (χ4n) is 1.68. The predicted molar refractivity (Wildman–Crippen MR) is 85.0 cm³/mol. The number of rotatable bonds is 9. The molecular weight excluding hydrogens is 328 g/mol. The molecule has 126 valence electrons. The molecule has 0 saturated carbocycles. The van der Waals surface area contributed by atoms with Crippen LogP contribution in [0.5, 0.6) is 5.75 Å². The summed E-state index contributed by atoms with van der Waals surface area (Å²) >= 11 is 0. The highest BCUT2D eigenvalue weighted by atomic mass is 32.2. The summed E-state index contributed by atoms with van der Waals surface area (Å²) < 4.78 is 56.5. The third-order valence-corrected chi connectivity index (χ3v) is 5.80. The number of hydrogen-bond donors (Lipinski definition) is 2. The number of nitrogens with one attached hydrogen (secondary N) is 2. The fraction of sp³-hybridized carbons (Fsp3) is 0.538. The van der Waals surface area contributed by atoms with Crippen LogP contribution in [0.3, 0.4) is 0 Å². The van der Waals surface area contributed by atoms with Crippen molar-refractivity contribution in [2.45, 2.75) is 25.7 Å². The standard InChI is InChI=1S/C13H22N2O5S2/c1-4-14-22(18,19)12-6-7-13(11(3)10-12)20-9-8-15-21(16,17)5-2/h6-7,10,14-15H,4-5,8-9H2,1-3H3. The van der Waals surface area contributed by atoms with Gasteiger partial charge in [0.05, 0.1) is 10.6 Å². The van der Waals surface area contributed by atoms with Crippen molar-refractivity contribution in [1.82, 2.24) is 9.44 Å². The fourth-order valence-corrected chi connectivity index (χ4v) is 3.41. The summed E-state index contributed by atoms with van der Waals surface area (Å²) in [5.41, 5.74) is 0.664. The minimum Gasteiger partial charge on any atom is -0.492 e. The smallest absolute Gasteiger partial charge is 0.240 e. The second kappa shape index (κ2) is 7.91. The second-order valence-electron chi connectivity index (χ2n) is 4.57. The molecule has 2 N–H and O–H groups in total. The van der Waals surface area contributed by atoms with Crippen LogP contribution in [0, 0.1) is 6.92 Å². The summed E-state index contributed by atoms with van der Waals surface area (Å²) in [5.74, 6) is 0.536. The van der Waals surface area contributed by atoms with Crippen molar-refractivity contribution in [3.63, 3.8) is 0 Å². The van der Waals surface area contributed by atoms with Gasteiger partial charge in [0.25, 0.3) is 0 Å². The molecule has 0 aliphatic carbocycles. The molecule has 1 aromatic carbocycles. The molecule has 0 bridgehead atoms. The Bertz CT molecular complexity index is 699. The van der Waals surface area contributed by atoms with Crippen LogP contribution in [0.1, 0.15) is 19.4 Å². The van der Waals surface area contributed by atoms with Crippen molar-refractivity contribution in [3.8, 4) is 5.75 Å². The molecule has 0 spiro atoms. The molecule has 7 nitrogen and oxygen atoms in total. The molecule has 0 atom stereocenters. The molecule has 9 heteroatoms. The Hall–Kier alpha value is -1.16. The summed E-state index contributed by atoms with van der Waals surface area (Å²) in [6.45, 7) is 5.64. The Labute approximate surface area is 132 Å². The Kier molecular flexibility index (Phi) is 6.79. The van der Waals surface area contributed by atoms with Gasteiger partial charge in [-0.3, -0.25) is 0 Å². The number of ether oxygens (including phenoxy) is 1. The lowest BCUT2D eigenvalue weighted by atomic mass is 10.2. The first-order chi connectivity index (χ1) is 10.2. The molecule has 0 heterocycles. The zero-order chi connectivity index (χ0) is 16.8. The second-order valence-corrected chi connectivity index (χ2v) is 8.44. The Morgan fingerprint density at radius 2 is 1.77 bits per heavy atom. The van der Waals surface area contributed by atoms with Crippen molar-refractivity contribution in [1.29, 1.82) is 0 Å². The van der Waals surface area contributed by atoms with E-state index < -0.39 is 20.0 Å². The van der Waals surface area contributed by atoms with Crippen LogP contribution in [0.4, 0.5) is 0 Å². The maximum atomic E-state index is 11.9. The molecule has 22 heavy (non-hydrogen) atoms. The Morgan fingerprint density at radius 1 is 1.09 bits per heavy atom. The highest BCUT2D eigenvalue weighted by molar-refractivity contribution is 7.89. The summed E-state index contributed by atoms with van der Waals surface area (Å²) in [6.07, 6.45) is 0. The van der Waals surface area contributed by atoms with Gasteiger partial charge in [-0.15, -0.1) is 0 Å². The normalized spacial score (nSPS) is 12.3. The van der Waals surface area contributed by atoms with Crippen molar-refractivity contribution in [2.24, 2.45) is 0 Å². The van der Waals surface area contributed by atoms with E-state index >= 15 is 0 Å². The van der Waals surface area contributed by atoms with Crippen LogP contribution in [0.2, 0.25) is 0 Å². The molecule has 0 aliphatic heterocycles. The average molecular weight is 350 g/mol. The van der Waals surface area contributed by atoms with Gasteiger partial charge in [-0.05, 0) is 37.6 Å². The third-order valence-electron chi connectivity index (χ3n) is 2.85. The first-order valence-corrected chi connectivity index (χ1v) is 10.1. The Morgan fingerprint density at radius 3 is 2.32 bits per heavy atom. The summed E-state index contributed by atoms with van der Waals surface area (Å²) in [7, 11) is -6.73. The third kappa shape index (κ3) is 5.56. The maximum Gasteiger partial charge on any atom is 0.240 e. The summed E-state index contributed by atoms with van der Waals surface area (Å²) in [6, 6.07) is 4.54. The highest BCUT2D eigenvalue weighted by Gasteiger charge is 2.14. The predicted octanol–water partition coefficient (Wildman–Crippen LogP) is 0.611. The van der Waals surface area contributed by atoms with Crippen LogP contribution in [0.15, 0.2) is 23.1 Å². The van der Waals surface area contributed by atoms with Crippen molar-refractivity contribution in [2.75, 3.05) is 25.4 Å². The zero-order valence-electron chi connectivity index (χ0n) is 12.9. The molecule has 0 aliphatic rings. The van der Waals surface area contributed by atoms with E-state index in [4.69, 9.17) is 4.74 Å². The lowest BCUT2D eigenvalue weighted by Crippen LogP contribution is -2.29. The van der Waals surface area contributed by atoms with Crippen LogP contribution >= 0.6 is 0 Å². The Balaban J connectivity index is 2.68. The van der Waals surface area contributed by atoms with E-state index in [1.807, 2.05) is 0 Å². The van der Waals surface area contributed by atoms with Crippen molar-refractivity contribution < 1.29 is 21.6 Å². The topological polar surface area (TPSA) is 102 Å². The monoisotopic (exact) mass is 350 g/mol. The molecule has 0 fully saturated rings. The van der Waals surface area contributed by atoms with Gasteiger partial charge in [-0.1, -0.05) is 6.92 Å². The van der Waals surface area contributed by atoms with Crippen LogP contribution in [0.25, 0.3) is 0 Å². The number of benzene rings is 1. The van der Waals surface area contributed by atoms with Crippen LogP contribution in [-0.4, -0.2) is 42.3 Å². The molecule has 0 radical (unpaired) electrons. The van der Waals surface area contributed by atoms with E-state index in [0.717, 1.165) is 0 Å². The van der Waals surface area contributed by atoms with Crippen molar-refractivity contribution in [3.05, 3.63) is 23.8 Å². The molecule has 0 amide bonds. The van der Waals surface area contributed by atoms with Gasteiger partial charge in [-0.2, -0.15) is 0 Å². The summed E-state index contributed by atoms with van der Waals surface area (Å²) in [5, 5.41) is 0. The van der Waals surface area contributed by atoms with Gasteiger partial charge in [0.2, 0.25) is 20.0 Å². The van der Waals surface area contributed by atoms with E-state index in [-0.39, 0.29) is 23.8 Å². The zero-order valence-corrected chi connectivity index (χ0v) is 14.6. The van der Waals surface area contributed by atoms with E-state index in [2.05, 4.69) is 9.44 Å². The molecular formula is C13H22N2O5S2. The minimum absolute atomic E-state index is 0.0169. The van der Waals surface area contributed by atoms with Crippen LogP contribution < -0.4 is 14.2 Å². The van der Waals surface area contributed by atoms with E-state index in [1.54, 1.807) is 26.8 Å². The van der Waals surface area contributed by atoms with Gasteiger partial charge < -0.3 is 4.74 Å². The van der Waals surface area contributed by atoms with Crippen molar-refractivity contribution >= 4 is 20.0 Å². The first kappa shape index (κ1) is 18.9. The molecule has 0 aromatic heterocycles. The lowest BCUT2D eigenvalue weighted by molar-refractivity contribution is 0.320. The van der Waals surface area contributed by atoms with E-state index in [9.17, 15) is 16.8 Å². The SMILES string of the molecule is CCNS(=O)(=O)c1ccc(OCCNS(=O)(=O)CC)c(C)c1. The molecule has 1 aromatic rings. The maximum absolute atomic E-state index is 11.9. The highest BCUT2D eigenvalue weighted by Crippen LogP contribution is 2.21. The van der Waals surface area contributed by atoms with Gasteiger partial charge >= 0.3 is 0 Å². The lowest BCUT2D eigenvalue weighted by Gasteiger charge is -2.11. The number of hydrogen-bond acceptors (Lipinski definition) is 5. The first-order valence-electron chi connectivity index (χ1n) is 6.92. The quantitative estimate of drug-likeness (QED) is 0.636. The minimum atomic E-state index is -3.49. The molecule has 0 saturated heterocycles. The van der Waals surface area contributed by atoms with E-state index in [1.165, 1.54) is 12.1 Å². The number of aryl methyl sites for hydroxylation is 1. The molecule has 1 rings (SSSR count). The summed E-state index contributed by atoms with van der Waals surface area (Å²) in [4.78, 5) is 0.172. The average Bonchev–Trinajstić information content (AvgIpc) is 2.44. The van der Waals surface area contributed by atoms with Gasteiger partial charge in [-0.25, -0.2) is 26.3 Å². The number of sulfonamides is 2. The van der Waals surface area contributed by atoms with Gasteiger partial charge in [0.15, 0.2) is 0 Å².